The summed E-state index contributed by atoms with van der Waals surface area (Å²) in [4.78, 5) is 4.71. The van der Waals surface area contributed by atoms with Crippen LogP contribution in [0.5, 0.6) is 0 Å². The fourth-order valence-corrected chi connectivity index (χ4v) is 3.50. The lowest BCUT2D eigenvalue weighted by Gasteiger charge is -2.21. The summed E-state index contributed by atoms with van der Waals surface area (Å²) in [7, 11) is 0. The number of nitrogens with one attached hydrogen (secondary N) is 1. The third-order valence-corrected chi connectivity index (χ3v) is 4.68. The van der Waals surface area contributed by atoms with E-state index in [0.717, 1.165) is 16.6 Å². The molecule has 0 aliphatic carbocycles. The fraction of sp³-hybridized carbons (Fsp3) is 0.533. The van der Waals surface area contributed by atoms with Gasteiger partial charge in [-0.3, -0.25) is 0 Å². The van der Waals surface area contributed by atoms with Crippen molar-refractivity contribution in [2.75, 3.05) is 5.32 Å². The lowest BCUT2D eigenvalue weighted by Crippen LogP contribution is -2.24. The number of aromatic nitrogens is 1. The molecule has 0 aliphatic heterocycles. The van der Waals surface area contributed by atoms with Crippen molar-refractivity contribution < 1.29 is 0 Å². The predicted octanol–water partition coefficient (Wildman–Crippen LogP) is 4.84. The van der Waals surface area contributed by atoms with Crippen molar-refractivity contribution >= 4 is 26.7 Å². The average Bonchev–Trinajstić information content (AvgIpc) is 2.74. The highest BCUT2D eigenvalue weighted by atomic mass is 32.1. The summed E-state index contributed by atoms with van der Waals surface area (Å²) in [6, 6.07) is 6.86. The number of thiazole rings is 1. The van der Waals surface area contributed by atoms with E-state index in [9.17, 15) is 0 Å². The molecule has 2 rings (SSSR count). The smallest absolute Gasteiger partial charge is 0.184 e. The Bertz CT molecular complexity index is 514. The van der Waals surface area contributed by atoms with E-state index in [0.29, 0.717) is 6.04 Å². The summed E-state index contributed by atoms with van der Waals surface area (Å²) in [5.74, 6) is 0.720. The van der Waals surface area contributed by atoms with Gasteiger partial charge < -0.3 is 5.32 Å². The van der Waals surface area contributed by atoms with Gasteiger partial charge in [0.15, 0.2) is 5.13 Å². The number of nitrogens with zero attached hydrogens (tertiary/aromatic N) is 1. The monoisotopic (exact) mass is 262 g/mol. The predicted molar refractivity (Wildman–Crippen MR) is 81.5 cm³/mol. The topological polar surface area (TPSA) is 24.9 Å². The van der Waals surface area contributed by atoms with Crippen LogP contribution in [0.25, 0.3) is 10.2 Å². The number of rotatable bonds is 5. The molecule has 0 amide bonds. The van der Waals surface area contributed by atoms with Crippen molar-refractivity contribution in [2.24, 2.45) is 5.92 Å². The Morgan fingerprint density at radius 1 is 1.28 bits per heavy atom. The number of para-hydroxylation sites is 1. The third-order valence-electron chi connectivity index (χ3n) is 3.73. The van der Waals surface area contributed by atoms with Crippen LogP contribution in [0, 0.1) is 12.8 Å². The second kappa shape index (κ2) is 5.70. The molecule has 18 heavy (non-hydrogen) atoms. The first-order valence-corrected chi connectivity index (χ1v) is 7.60. The van der Waals surface area contributed by atoms with Gasteiger partial charge in [-0.25, -0.2) is 4.98 Å². The second-order valence-corrected chi connectivity index (χ2v) is 5.98. The molecule has 1 aromatic heterocycles. The summed E-state index contributed by atoms with van der Waals surface area (Å²) >= 11 is 1.76. The van der Waals surface area contributed by atoms with Gasteiger partial charge in [0.25, 0.3) is 0 Å². The van der Waals surface area contributed by atoms with Crippen molar-refractivity contribution in [2.45, 2.75) is 46.6 Å². The van der Waals surface area contributed by atoms with Crippen molar-refractivity contribution in [3.8, 4) is 0 Å². The molecule has 1 N–H and O–H groups in total. The van der Waals surface area contributed by atoms with Gasteiger partial charge in [0.2, 0.25) is 0 Å². The maximum Gasteiger partial charge on any atom is 0.184 e. The summed E-state index contributed by atoms with van der Waals surface area (Å²) in [5.41, 5.74) is 2.40. The minimum absolute atomic E-state index is 0.487. The highest BCUT2D eigenvalue weighted by Crippen LogP contribution is 2.29. The van der Waals surface area contributed by atoms with Crippen molar-refractivity contribution in [3.05, 3.63) is 23.8 Å². The molecule has 0 saturated carbocycles. The van der Waals surface area contributed by atoms with E-state index < -0.39 is 0 Å². The van der Waals surface area contributed by atoms with E-state index in [-0.39, 0.29) is 0 Å². The summed E-state index contributed by atoms with van der Waals surface area (Å²) in [6.45, 7) is 8.90. The van der Waals surface area contributed by atoms with Crippen molar-refractivity contribution in [1.82, 2.24) is 4.98 Å². The van der Waals surface area contributed by atoms with Crippen LogP contribution in [-0.4, -0.2) is 11.0 Å². The number of aryl methyl sites for hydroxylation is 1. The molecule has 1 atom stereocenters. The van der Waals surface area contributed by atoms with Crippen molar-refractivity contribution in [1.29, 1.82) is 0 Å². The quantitative estimate of drug-likeness (QED) is 0.834. The first kappa shape index (κ1) is 13.3. The van der Waals surface area contributed by atoms with E-state index >= 15 is 0 Å². The molecule has 1 unspecified atom stereocenters. The van der Waals surface area contributed by atoms with Gasteiger partial charge in [0, 0.05) is 6.04 Å². The highest BCUT2D eigenvalue weighted by Gasteiger charge is 2.15. The van der Waals surface area contributed by atoms with E-state index in [2.05, 4.69) is 51.2 Å². The fourth-order valence-electron chi connectivity index (χ4n) is 2.46. The summed E-state index contributed by atoms with van der Waals surface area (Å²) in [5, 5.41) is 4.62. The van der Waals surface area contributed by atoms with E-state index in [1.54, 1.807) is 11.3 Å². The minimum Gasteiger partial charge on any atom is -0.359 e. The Balaban J connectivity index is 2.19. The zero-order chi connectivity index (χ0) is 13.1. The number of anilines is 1. The summed E-state index contributed by atoms with van der Waals surface area (Å²) in [6.07, 6.45) is 2.43. The van der Waals surface area contributed by atoms with E-state index in [1.165, 1.54) is 23.1 Å². The van der Waals surface area contributed by atoms with Crippen LogP contribution in [0.15, 0.2) is 18.2 Å². The Morgan fingerprint density at radius 2 is 2.00 bits per heavy atom. The highest BCUT2D eigenvalue weighted by molar-refractivity contribution is 7.22. The van der Waals surface area contributed by atoms with E-state index in [1.807, 2.05) is 0 Å². The molecule has 1 heterocycles. The molecule has 2 nitrogen and oxygen atoms in total. The maximum absolute atomic E-state index is 4.71. The molecule has 98 valence electrons. The van der Waals surface area contributed by atoms with Crippen LogP contribution in [0.4, 0.5) is 5.13 Å². The molecule has 0 bridgehead atoms. The molecule has 0 saturated heterocycles. The number of hydrogen-bond donors (Lipinski definition) is 1. The first-order chi connectivity index (χ1) is 8.65. The van der Waals surface area contributed by atoms with Gasteiger partial charge in [0.1, 0.15) is 0 Å². The number of benzene rings is 1. The van der Waals surface area contributed by atoms with Gasteiger partial charge in [-0.05, 0) is 31.4 Å². The normalized spacial score (nSPS) is 13.2. The first-order valence-electron chi connectivity index (χ1n) is 6.78. The van der Waals surface area contributed by atoms with Gasteiger partial charge in [0.05, 0.1) is 10.2 Å². The van der Waals surface area contributed by atoms with Gasteiger partial charge in [-0.1, -0.05) is 50.2 Å². The minimum atomic E-state index is 0.487. The molecule has 3 heteroatoms. The molecular formula is C15H22N2S. The third kappa shape index (κ3) is 2.66. The molecular weight excluding hydrogens is 240 g/mol. The lowest BCUT2D eigenvalue weighted by atomic mass is 9.96. The molecule has 0 radical (unpaired) electrons. The number of fused-ring (bicyclic) bond motifs is 1. The largest absolute Gasteiger partial charge is 0.359 e. The molecule has 0 aliphatic rings. The van der Waals surface area contributed by atoms with Crippen molar-refractivity contribution in [3.63, 3.8) is 0 Å². The molecule has 0 fully saturated rings. The molecule has 2 aromatic rings. The van der Waals surface area contributed by atoms with Crippen LogP contribution in [0.2, 0.25) is 0 Å². The van der Waals surface area contributed by atoms with Crippen LogP contribution in [-0.2, 0) is 0 Å². The SMILES string of the molecule is CCC(CC)C(C)Nc1nc2c(C)cccc2s1. The Kier molecular flexibility index (Phi) is 4.23. The Hall–Kier alpha value is -1.09. The Morgan fingerprint density at radius 3 is 2.61 bits per heavy atom. The average molecular weight is 262 g/mol. The number of hydrogen-bond acceptors (Lipinski definition) is 3. The van der Waals surface area contributed by atoms with Gasteiger partial charge >= 0.3 is 0 Å². The van der Waals surface area contributed by atoms with Crippen LogP contribution in [0.1, 0.15) is 39.2 Å². The van der Waals surface area contributed by atoms with Crippen LogP contribution in [0.3, 0.4) is 0 Å². The standard InChI is InChI=1S/C15H22N2S/c1-5-12(6-2)11(4)16-15-17-14-10(3)8-7-9-13(14)18-15/h7-9,11-12H,5-6H2,1-4H3,(H,16,17). The van der Waals surface area contributed by atoms with Crippen LogP contribution < -0.4 is 5.32 Å². The van der Waals surface area contributed by atoms with E-state index in [4.69, 9.17) is 4.98 Å². The zero-order valence-corrected chi connectivity index (χ0v) is 12.5. The van der Waals surface area contributed by atoms with Crippen LogP contribution >= 0.6 is 11.3 Å². The molecule has 0 spiro atoms. The maximum atomic E-state index is 4.71. The van der Waals surface area contributed by atoms with Gasteiger partial charge in [-0.15, -0.1) is 0 Å². The van der Waals surface area contributed by atoms with Gasteiger partial charge in [-0.2, -0.15) is 0 Å². The Labute approximate surface area is 113 Å². The lowest BCUT2D eigenvalue weighted by molar-refractivity contribution is 0.438. The second-order valence-electron chi connectivity index (χ2n) is 4.95. The zero-order valence-electron chi connectivity index (χ0n) is 11.7. The summed E-state index contributed by atoms with van der Waals surface area (Å²) < 4.78 is 1.27. The molecule has 1 aromatic carbocycles.